The maximum absolute atomic E-state index is 15.0. The minimum atomic E-state index is -0.837. The quantitative estimate of drug-likeness (QED) is 0.343. The summed E-state index contributed by atoms with van der Waals surface area (Å²) in [6.45, 7) is 2.34. The van der Waals surface area contributed by atoms with Crippen molar-refractivity contribution < 1.29 is 27.4 Å². The number of hydrogen-bond donors (Lipinski definition) is 0. The van der Waals surface area contributed by atoms with Gasteiger partial charge in [-0.2, -0.15) is 0 Å². The summed E-state index contributed by atoms with van der Waals surface area (Å²) in [5, 5.41) is 0. The van der Waals surface area contributed by atoms with Crippen LogP contribution in [0.4, 0.5) is 13.2 Å². The summed E-state index contributed by atoms with van der Waals surface area (Å²) in [6, 6.07) is 14.7. The fourth-order valence-corrected chi connectivity index (χ4v) is 4.51. The van der Waals surface area contributed by atoms with Gasteiger partial charge >= 0.3 is 0 Å². The van der Waals surface area contributed by atoms with Crippen molar-refractivity contribution in [2.24, 2.45) is 0 Å². The summed E-state index contributed by atoms with van der Waals surface area (Å²) >= 11 is 0. The molecule has 0 atom stereocenters. The minimum absolute atomic E-state index is 0.00808. The Kier molecular flexibility index (Phi) is 7.78. The van der Waals surface area contributed by atoms with Crippen molar-refractivity contribution in [1.29, 1.82) is 0 Å². The Morgan fingerprint density at radius 1 is 0.794 bits per heavy atom. The molecule has 1 saturated carbocycles. The molecule has 0 heterocycles. The molecule has 0 N–H and O–H groups in total. The fourth-order valence-electron chi connectivity index (χ4n) is 4.51. The van der Waals surface area contributed by atoms with E-state index in [1.54, 1.807) is 55.6 Å². The lowest BCUT2D eigenvalue weighted by Gasteiger charge is -2.28. The van der Waals surface area contributed by atoms with E-state index in [-0.39, 0.29) is 24.2 Å². The van der Waals surface area contributed by atoms with E-state index < -0.39 is 17.5 Å². The monoisotopic (exact) mass is 470 g/mol. The molecule has 0 bridgehead atoms. The Labute approximate surface area is 198 Å². The normalized spacial score (nSPS) is 18.0. The van der Waals surface area contributed by atoms with E-state index in [1.165, 1.54) is 6.07 Å². The van der Waals surface area contributed by atoms with Gasteiger partial charge in [-0.15, -0.1) is 0 Å². The van der Waals surface area contributed by atoms with Gasteiger partial charge in [0.1, 0.15) is 23.9 Å². The van der Waals surface area contributed by atoms with E-state index in [9.17, 15) is 13.2 Å². The van der Waals surface area contributed by atoms with Gasteiger partial charge < -0.3 is 14.2 Å². The Morgan fingerprint density at radius 3 is 2.15 bits per heavy atom. The highest BCUT2D eigenvalue weighted by Gasteiger charge is 2.26. The van der Waals surface area contributed by atoms with E-state index in [0.29, 0.717) is 34.8 Å². The standard InChI is InChI=1S/C28H29F3O3/c1-3-33-23-13-8-20(26(29)16-23)17-34-22-11-6-19(7-12-22)25-15-14-24(27(30)28(25)31)18-4-9-21(32-2)10-5-18/h6-8,11-16,18,21H,3-5,9-10,17H2,1-2H3. The summed E-state index contributed by atoms with van der Waals surface area (Å²) < 4.78 is 60.4. The number of hydrogen-bond acceptors (Lipinski definition) is 3. The van der Waals surface area contributed by atoms with Gasteiger partial charge in [0.2, 0.25) is 0 Å². The number of methoxy groups -OCH3 is 1. The smallest absolute Gasteiger partial charge is 0.166 e. The Hall–Kier alpha value is -2.99. The van der Waals surface area contributed by atoms with Crippen molar-refractivity contribution in [2.45, 2.75) is 51.2 Å². The second-order valence-electron chi connectivity index (χ2n) is 8.54. The third-order valence-electron chi connectivity index (χ3n) is 6.45. The van der Waals surface area contributed by atoms with Gasteiger partial charge in [-0.05, 0) is 73.9 Å². The lowest BCUT2D eigenvalue weighted by molar-refractivity contribution is 0.0655. The summed E-state index contributed by atoms with van der Waals surface area (Å²) in [4.78, 5) is 0. The van der Waals surface area contributed by atoms with Gasteiger partial charge in [-0.25, -0.2) is 13.2 Å². The molecule has 6 heteroatoms. The Bertz CT molecular complexity index is 1110. The molecule has 0 aliphatic heterocycles. The van der Waals surface area contributed by atoms with E-state index in [2.05, 4.69) is 0 Å². The molecule has 180 valence electrons. The average Bonchev–Trinajstić information content (AvgIpc) is 2.86. The van der Waals surface area contributed by atoms with Crippen LogP contribution in [-0.2, 0) is 11.3 Å². The molecule has 0 saturated heterocycles. The van der Waals surface area contributed by atoms with Gasteiger partial charge in [0, 0.05) is 24.3 Å². The Balaban J connectivity index is 1.43. The number of benzene rings is 3. The van der Waals surface area contributed by atoms with Gasteiger partial charge in [-0.1, -0.05) is 24.3 Å². The van der Waals surface area contributed by atoms with E-state index >= 15 is 0 Å². The van der Waals surface area contributed by atoms with Crippen LogP contribution >= 0.6 is 0 Å². The fraction of sp³-hybridized carbons (Fsp3) is 0.357. The molecule has 0 radical (unpaired) electrons. The third-order valence-corrected chi connectivity index (χ3v) is 6.45. The summed E-state index contributed by atoms with van der Waals surface area (Å²) in [5.74, 6) is -1.04. The first-order chi connectivity index (χ1) is 16.5. The molecule has 3 aromatic carbocycles. The number of halogens is 3. The summed E-state index contributed by atoms with van der Waals surface area (Å²) in [7, 11) is 1.69. The summed E-state index contributed by atoms with van der Waals surface area (Å²) in [5.41, 5.74) is 1.59. The largest absolute Gasteiger partial charge is 0.494 e. The van der Waals surface area contributed by atoms with Gasteiger partial charge in [0.05, 0.1) is 12.7 Å². The molecule has 0 aromatic heterocycles. The van der Waals surface area contributed by atoms with Gasteiger partial charge in [0.15, 0.2) is 11.6 Å². The highest BCUT2D eigenvalue weighted by atomic mass is 19.2. The maximum Gasteiger partial charge on any atom is 0.166 e. The van der Waals surface area contributed by atoms with Crippen LogP contribution in [-0.4, -0.2) is 19.8 Å². The summed E-state index contributed by atoms with van der Waals surface area (Å²) in [6.07, 6.45) is 3.48. The first-order valence-corrected chi connectivity index (χ1v) is 11.6. The molecule has 34 heavy (non-hydrogen) atoms. The van der Waals surface area contributed by atoms with Crippen molar-refractivity contribution in [3.05, 3.63) is 83.2 Å². The van der Waals surface area contributed by atoms with E-state index in [0.717, 1.165) is 25.7 Å². The second-order valence-corrected chi connectivity index (χ2v) is 8.54. The van der Waals surface area contributed by atoms with Crippen LogP contribution in [0.3, 0.4) is 0 Å². The minimum Gasteiger partial charge on any atom is -0.494 e. The highest BCUT2D eigenvalue weighted by Crippen LogP contribution is 2.38. The maximum atomic E-state index is 15.0. The van der Waals surface area contributed by atoms with Crippen molar-refractivity contribution in [3.8, 4) is 22.6 Å². The van der Waals surface area contributed by atoms with Crippen molar-refractivity contribution in [3.63, 3.8) is 0 Å². The highest BCUT2D eigenvalue weighted by molar-refractivity contribution is 5.65. The first kappa shape index (κ1) is 24.1. The topological polar surface area (TPSA) is 27.7 Å². The lowest BCUT2D eigenvalue weighted by Crippen LogP contribution is -2.20. The molecule has 3 nitrogen and oxygen atoms in total. The molecule has 3 aromatic rings. The zero-order valence-electron chi connectivity index (χ0n) is 19.5. The number of rotatable bonds is 8. The zero-order chi connectivity index (χ0) is 24.1. The molecule has 1 aliphatic rings. The SMILES string of the molecule is CCOc1ccc(COc2ccc(-c3ccc(C4CCC(OC)CC4)c(F)c3F)cc2)c(F)c1. The van der Waals surface area contributed by atoms with Crippen LogP contribution in [0.5, 0.6) is 11.5 Å². The van der Waals surface area contributed by atoms with Crippen LogP contribution in [0.25, 0.3) is 11.1 Å². The third kappa shape index (κ3) is 5.39. The average molecular weight is 471 g/mol. The van der Waals surface area contributed by atoms with Crippen molar-refractivity contribution >= 4 is 0 Å². The molecule has 0 unspecified atom stereocenters. The van der Waals surface area contributed by atoms with Crippen LogP contribution in [0.2, 0.25) is 0 Å². The number of ether oxygens (including phenoxy) is 3. The second kappa shape index (κ2) is 11.0. The predicted octanol–water partition coefficient (Wildman–Crippen LogP) is 7.42. The molecule has 1 aliphatic carbocycles. The zero-order valence-corrected chi connectivity index (χ0v) is 19.5. The van der Waals surface area contributed by atoms with Crippen LogP contribution in [0.1, 0.15) is 49.7 Å². The van der Waals surface area contributed by atoms with Crippen molar-refractivity contribution in [1.82, 2.24) is 0 Å². The van der Waals surface area contributed by atoms with E-state index in [4.69, 9.17) is 14.2 Å². The Morgan fingerprint density at radius 2 is 1.50 bits per heavy atom. The van der Waals surface area contributed by atoms with Crippen LogP contribution in [0.15, 0.2) is 54.6 Å². The van der Waals surface area contributed by atoms with Crippen molar-refractivity contribution in [2.75, 3.05) is 13.7 Å². The van der Waals surface area contributed by atoms with Crippen LogP contribution in [0, 0.1) is 17.5 Å². The molecule has 1 fully saturated rings. The van der Waals surface area contributed by atoms with Gasteiger partial charge in [-0.3, -0.25) is 0 Å². The predicted molar refractivity (Wildman–Crippen MR) is 126 cm³/mol. The molecule has 0 spiro atoms. The molecular weight excluding hydrogens is 441 g/mol. The molecule has 4 rings (SSSR count). The molecule has 0 amide bonds. The lowest BCUT2D eigenvalue weighted by atomic mass is 9.82. The van der Waals surface area contributed by atoms with E-state index in [1.807, 2.05) is 6.92 Å². The van der Waals surface area contributed by atoms with Gasteiger partial charge in [0.25, 0.3) is 0 Å². The molecular formula is C28H29F3O3. The first-order valence-electron chi connectivity index (χ1n) is 11.6. The van der Waals surface area contributed by atoms with Crippen LogP contribution < -0.4 is 9.47 Å².